The van der Waals surface area contributed by atoms with Gasteiger partial charge < -0.3 is 9.84 Å². The number of anilines is 1. The maximum absolute atomic E-state index is 12.6. The molecule has 8 heteroatoms. The van der Waals surface area contributed by atoms with Crippen LogP contribution in [0, 0.1) is 13.8 Å². The third-order valence-electron chi connectivity index (χ3n) is 3.75. The summed E-state index contributed by atoms with van der Waals surface area (Å²) >= 11 is 1.21. The average Bonchev–Trinajstić information content (AvgIpc) is 3.10. The van der Waals surface area contributed by atoms with Crippen LogP contribution in [0.3, 0.4) is 0 Å². The van der Waals surface area contributed by atoms with E-state index in [-0.39, 0.29) is 11.5 Å². The molecule has 0 aliphatic rings. The number of nitrogens with zero attached hydrogens (tertiary/aromatic N) is 3. The highest BCUT2D eigenvalue weighted by molar-refractivity contribution is 7.20. The number of unbranched alkanes of at least 4 members (excludes halogenated alkanes) is 1. The number of amides is 1. The number of aromatic nitrogens is 3. The van der Waals surface area contributed by atoms with E-state index in [2.05, 4.69) is 22.4 Å². The number of hydrogen-bond donors (Lipinski definition) is 1. The molecule has 0 aliphatic heterocycles. The lowest BCUT2D eigenvalue weighted by molar-refractivity contribution is 0.102. The quantitative estimate of drug-likeness (QED) is 0.766. The fraction of sp³-hybridized carbons (Fsp3) is 0.375. The van der Waals surface area contributed by atoms with Gasteiger partial charge in [0.25, 0.3) is 11.5 Å². The molecule has 0 saturated heterocycles. The van der Waals surface area contributed by atoms with Crippen molar-refractivity contribution in [2.75, 3.05) is 5.32 Å². The second-order valence-corrected chi connectivity index (χ2v) is 6.61. The van der Waals surface area contributed by atoms with Gasteiger partial charge in [0, 0.05) is 12.6 Å². The van der Waals surface area contributed by atoms with Crippen molar-refractivity contribution in [1.29, 1.82) is 0 Å². The third-order valence-corrected chi connectivity index (χ3v) is 4.94. The molecule has 3 aromatic heterocycles. The van der Waals surface area contributed by atoms with Gasteiger partial charge in [0.1, 0.15) is 10.6 Å². The summed E-state index contributed by atoms with van der Waals surface area (Å²) in [7, 11) is 0. The van der Waals surface area contributed by atoms with E-state index in [1.54, 1.807) is 30.8 Å². The molecule has 7 nitrogen and oxygen atoms in total. The first-order chi connectivity index (χ1) is 11.5. The van der Waals surface area contributed by atoms with E-state index in [0.717, 1.165) is 12.8 Å². The van der Waals surface area contributed by atoms with Gasteiger partial charge in [-0.3, -0.25) is 14.2 Å². The second kappa shape index (κ2) is 6.56. The zero-order valence-corrected chi connectivity index (χ0v) is 14.6. The monoisotopic (exact) mass is 346 g/mol. The molecule has 1 amide bonds. The SMILES string of the molecule is CCCCn1cnc2sc(C(=O)Nc3cc(C)on3)c(C)c2c1=O. The molecule has 1 N–H and O–H groups in total. The van der Waals surface area contributed by atoms with Gasteiger partial charge in [0.2, 0.25) is 0 Å². The maximum atomic E-state index is 12.6. The molecule has 3 rings (SSSR count). The number of rotatable bonds is 5. The van der Waals surface area contributed by atoms with Crippen LogP contribution in [0.5, 0.6) is 0 Å². The van der Waals surface area contributed by atoms with Crippen molar-refractivity contribution in [2.24, 2.45) is 0 Å². The highest BCUT2D eigenvalue weighted by Crippen LogP contribution is 2.27. The Morgan fingerprint density at radius 1 is 1.42 bits per heavy atom. The summed E-state index contributed by atoms with van der Waals surface area (Å²) in [5.41, 5.74) is 0.551. The van der Waals surface area contributed by atoms with Gasteiger partial charge in [0.05, 0.1) is 16.6 Å². The predicted octanol–water partition coefficient (Wildman–Crippen LogP) is 3.12. The predicted molar refractivity (Wildman–Crippen MR) is 92.7 cm³/mol. The van der Waals surface area contributed by atoms with Crippen molar-refractivity contribution in [2.45, 2.75) is 40.2 Å². The van der Waals surface area contributed by atoms with Crippen LogP contribution in [0.15, 0.2) is 21.7 Å². The lowest BCUT2D eigenvalue weighted by Crippen LogP contribution is -2.20. The molecule has 0 atom stereocenters. The third kappa shape index (κ3) is 2.96. The number of carbonyl (C=O) groups excluding carboxylic acids is 1. The number of hydrogen-bond acceptors (Lipinski definition) is 6. The lowest BCUT2D eigenvalue weighted by Gasteiger charge is -2.03. The summed E-state index contributed by atoms with van der Waals surface area (Å²) in [6.07, 6.45) is 3.46. The summed E-state index contributed by atoms with van der Waals surface area (Å²) in [6.45, 7) is 6.22. The van der Waals surface area contributed by atoms with E-state index in [9.17, 15) is 9.59 Å². The molecular weight excluding hydrogens is 328 g/mol. The molecule has 0 bridgehead atoms. The molecule has 0 unspecified atom stereocenters. The fourth-order valence-electron chi connectivity index (χ4n) is 2.46. The van der Waals surface area contributed by atoms with E-state index in [4.69, 9.17) is 4.52 Å². The molecule has 0 radical (unpaired) electrons. The number of fused-ring (bicyclic) bond motifs is 1. The minimum absolute atomic E-state index is 0.0986. The van der Waals surface area contributed by atoms with E-state index in [0.29, 0.717) is 38.8 Å². The summed E-state index contributed by atoms with van der Waals surface area (Å²) in [6, 6.07) is 1.64. The van der Waals surface area contributed by atoms with Crippen LogP contribution >= 0.6 is 11.3 Å². The smallest absolute Gasteiger partial charge is 0.267 e. The van der Waals surface area contributed by atoms with Crippen LogP contribution < -0.4 is 10.9 Å². The Kier molecular flexibility index (Phi) is 4.48. The fourth-order valence-corrected chi connectivity index (χ4v) is 3.50. The molecule has 24 heavy (non-hydrogen) atoms. The zero-order chi connectivity index (χ0) is 17.3. The minimum atomic E-state index is -0.316. The molecule has 0 spiro atoms. The molecule has 3 aromatic rings. The van der Waals surface area contributed by atoms with Gasteiger partial charge in [-0.2, -0.15) is 0 Å². The van der Waals surface area contributed by atoms with E-state index < -0.39 is 0 Å². The first-order valence-electron chi connectivity index (χ1n) is 7.74. The standard InChI is InChI=1S/C16H18N4O3S/c1-4-5-6-20-8-17-15-12(16(20)22)10(3)13(24-15)14(21)18-11-7-9(2)23-19-11/h7-8H,4-6H2,1-3H3,(H,18,19,21). The molecule has 0 saturated carbocycles. The Balaban J connectivity index is 1.97. The van der Waals surface area contributed by atoms with Crippen LogP contribution in [0.25, 0.3) is 10.2 Å². The van der Waals surface area contributed by atoms with Gasteiger partial charge in [-0.25, -0.2) is 4.98 Å². The van der Waals surface area contributed by atoms with Gasteiger partial charge in [0.15, 0.2) is 5.82 Å². The number of thiophene rings is 1. The van der Waals surface area contributed by atoms with Gasteiger partial charge in [-0.1, -0.05) is 18.5 Å². The Morgan fingerprint density at radius 2 is 2.21 bits per heavy atom. The van der Waals surface area contributed by atoms with Gasteiger partial charge >= 0.3 is 0 Å². The second-order valence-electron chi connectivity index (χ2n) is 5.61. The average molecular weight is 346 g/mol. The van der Waals surface area contributed by atoms with Crippen LogP contribution in [0.4, 0.5) is 5.82 Å². The van der Waals surface area contributed by atoms with Crippen molar-refractivity contribution in [1.82, 2.24) is 14.7 Å². The highest BCUT2D eigenvalue weighted by Gasteiger charge is 2.20. The molecule has 0 aliphatic carbocycles. The summed E-state index contributed by atoms with van der Waals surface area (Å²) in [5.74, 6) is 0.643. The summed E-state index contributed by atoms with van der Waals surface area (Å²) in [4.78, 5) is 30.5. The van der Waals surface area contributed by atoms with Gasteiger partial charge in [-0.05, 0) is 25.8 Å². The Labute approximate surface area is 142 Å². The van der Waals surface area contributed by atoms with Crippen molar-refractivity contribution in [3.8, 4) is 0 Å². The van der Waals surface area contributed by atoms with Crippen LogP contribution in [0.2, 0.25) is 0 Å². The summed E-state index contributed by atoms with van der Waals surface area (Å²) in [5, 5.41) is 6.94. The summed E-state index contributed by atoms with van der Waals surface area (Å²) < 4.78 is 6.54. The van der Waals surface area contributed by atoms with E-state index >= 15 is 0 Å². The minimum Gasteiger partial charge on any atom is -0.360 e. The zero-order valence-electron chi connectivity index (χ0n) is 13.8. The highest BCUT2D eigenvalue weighted by atomic mass is 32.1. The van der Waals surface area contributed by atoms with Crippen LogP contribution in [-0.2, 0) is 6.54 Å². The Hall–Kier alpha value is -2.48. The van der Waals surface area contributed by atoms with E-state index in [1.807, 2.05) is 0 Å². The topological polar surface area (TPSA) is 90.0 Å². The molecular formula is C16H18N4O3S. The Morgan fingerprint density at radius 3 is 2.88 bits per heavy atom. The molecule has 0 aromatic carbocycles. The van der Waals surface area contributed by atoms with Gasteiger partial charge in [-0.15, -0.1) is 11.3 Å². The Bertz CT molecular complexity index is 954. The molecule has 3 heterocycles. The van der Waals surface area contributed by atoms with Crippen molar-refractivity contribution < 1.29 is 9.32 Å². The largest absolute Gasteiger partial charge is 0.360 e. The van der Waals surface area contributed by atoms with E-state index in [1.165, 1.54) is 11.3 Å². The van der Waals surface area contributed by atoms with Crippen LogP contribution in [0.1, 0.15) is 40.8 Å². The number of aryl methyl sites for hydroxylation is 3. The number of carbonyl (C=O) groups is 1. The number of nitrogens with one attached hydrogen (secondary N) is 1. The maximum Gasteiger partial charge on any atom is 0.267 e. The normalized spacial score (nSPS) is 11.1. The lowest BCUT2D eigenvalue weighted by atomic mass is 10.2. The van der Waals surface area contributed by atoms with Crippen LogP contribution in [-0.4, -0.2) is 20.6 Å². The first-order valence-corrected chi connectivity index (χ1v) is 8.56. The van der Waals surface area contributed by atoms with Crippen molar-refractivity contribution >= 4 is 33.3 Å². The van der Waals surface area contributed by atoms with Crippen molar-refractivity contribution in [3.05, 3.63) is 38.9 Å². The molecule has 0 fully saturated rings. The molecule has 126 valence electrons. The van der Waals surface area contributed by atoms with Crippen molar-refractivity contribution in [3.63, 3.8) is 0 Å². The first kappa shape index (κ1) is 16.4.